The van der Waals surface area contributed by atoms with Crippen molar-refractivity contribution < 1.29 is 9.66 Å². The zero-order valence-corrected chi connectivity index (χ0v) is 12.0. The average molecular weight is 289 g/mol. The van der Waals surface area contributed by atoms with E-state index in [0.717, 1.165) is 0 Å². The fourth-order valence-corrected chi connectivity index (χ4v) is 1.89. The van der Waals surface area contributed by atoms with Crippen molar-refractivity contribution in [1.29, 1.82) is 0 Å². The van der Waals surface area contributed by atoms with E-state index in [9.17, 15) is 10.1 Å². The summed E-state index contributed by atoms with van der Waals surface area (Å²) in [4.78, 5) is 23.1. The predicted molar refractivity (Wildman–Crippen MR) is 77.4 cm³/mol. The summed E-state index contributed by atoms with van der Waals surface area (Å²) >= 11 is 0. The lowest BCUT2D eigenvalue weighted by Crippen LogP contribution is -2.05. The molecule has 0 amide bonds. The van der Waals surface area contributed by atoms with Crippen LogP contribution in [-0.2, 0) is 0 Å². The van der Waals surface area contributed by atoms with E-state index in [1.807, 2.05) is 6.92 Å². The van der Waals surface area contributed by atoms with Crippen molar-refractivity contribution in [2.45, 2.75) is 13.8 Å². The first-order valence-electron chi connectivity index (χ1n) is 6.35. The van der Waals surface area contributed by atoms with E-state index in [-0.39, 0.29) is 17.1 Å². The molecule has 0 aliphatic rings. The molecule has 2 heterocycles. The summed E-state index contributed by atoms with van der Waals surface area (Å²) in [7, 11) is 1.65. The molecule has 2 aromatic heterocycles. The highest BCUT2D eigenvalue weighted by Gasteiger charge is 2.23. The lowest BCUT2D eigenvalue weighted by Gasteiger charge is -2.08. The third kappa shape index (κ3) is 3.04. The maximum atomic E-state index is 11.3. The molecule has 0 unspecified atom stereocenters. The van der Waals surface area contributed by atoms with Crippen LogP contribution in [-0.4, -0.2) is 33.5 Å². The molecular weight excluding hydrogens is 274 g/mol. The van der Waals surface area contributed by atoms with Crippen LogP contribution >= 0.6 is 0 Å². The van der Waals surface area contributed by atoms with Gasteiger partial charge < -0.3 is 10.1 Å². The van der Waals surface area contributed by atoms with Gasteiger partial charge in [-0.1, -0.05) is 0 Å². The van der Waals surface area contributed by atoms with Crippen molar-refractivity contribution in [3.8, 4) is 17.0 Å². The molecule has 0 fully saturated rings. The number of ether oxygens (including phenoxy) is 1. The van der Waals surface area contributed by atoms with E-state index in [4.69, 9.17) is 4.74 Å². The molecule has 0 radical (unpaired) electrons. The van der Waals surface area contributed by atoms with Gasteiger partial charge in [-0.05, 0) is 19.9 Å². The number of rotatable bonds is 5. The molecule has 110 valence electrons. The summed E-state index contributed by atoms with van der Waals surface area (Å²) < 4.78 is 5.36. The van der Waals surface area contributed by atoms with Crippen LogP contribution in [0.3, 0.4) is 0 Å². The first-order valence-corrected chi connectivity index (χ1v) is 6.35. The number of aromatic nitrogens is 3. The van der Waals surface area contributed by atoms with Crippen LogP contribution < -0.4 is 10.1 Å². The van der Waals surface area contributed by atoms with E-state index >= 15 is 0 Å². The standard InChI is InChI=1S/C13H15N5O3/c1-4-21-10-5-9(6-15-7-10)11-12(18(19)20)8(2)16-13(14-3)17-11/h5-7H,4H2,1-3H3,(H,14,16,17). The summed E-state index contributed by atoms with van der Waals surface area (Å²) in [5, 5.41) is 14.1. The van der Waals surface area contributed by atoms with Crippen LogP contribution in [0.2, 0.25) is 0 Å². The zero-order valence-electron chi connectivity index (χ0n) is 12.0. The highest BCUT2D eigenvalue weighted by atomic mass is 16.6. The number of hydrogen-bond donors (Lipinski definition) is 1. The summed E-state index contributed by atoms with van der Waals surface area (Å²) in [5.41, 5.74) is 0.876. The molecule has 8 heteroatoms. The van der Waals surface area contributed by atoms with Gasteiger partial charge in [0.15, 0.2) is 5.69 Å². The normalized spacial score (nSPS) is 10.2. The van der Waals surface area contributed by atoms with Crippen molar-refractivity contribution in [2.75, 3.05) is 19.0 Å². The number of hydrogen-bond acceptors (Lipinski definition) is 7. The Bertz CT molecular complexity index is 675. The first-order chi connectivity index (χ1) is 10.1. The number of aryl methyl sites for hydroxylation is 1. The van der Waals surface area contributed by atoms with Gasteiger partial charge in [0.1, 0.15) is 11.4 Å². The van der Waals surface area contributed by atoms with Gasteiger partial charge in [-0.2, -0.15) is 0 Å². The number of nitrogens with zero attached hydrogens (tertiary/aromatic N) is 4. The molecule has 2 aromatic rings. The van der Waals surface area contributed by atoms with E-state index in [0.29, 0.717) is 23.9 Å². The van der Waals surface area contributed by atoms with Crippen LogP contribution in [0.15, 0.2) is 18.5 Å². The Balaban J connectivity index is 2.63. The number of nitro groups is 1. The fourth-order valence-electron chi connectivity index (χ4n) is 1.89. The molecule has 21 heavy (non-hydrogen) atoms. The van der Waals surface area contributed by atoms with Crippen LogP contribution in [0.25, 0.3) is 11.3 Å². The molecule has 0 spiro atoms. The molecule has 0 saturated carbocycles. The van der Waals surface area contributed by atoms with Crippen molar-refractivity contribution >= 4 is 11.6 Å². The van der Waals surface area contributed by atoms with E-state index in [1.54, 1.807) is 26.2 Å². The molecule has 0 atom stereocenters. The predicted octanol–water partition coefficient (Wildman–Crippen LogP) is 2.20. The van der Waals surface area contributed by atoms with Crippen LogP contribution in [0.5, 0.6) is 5.75 Å². The molecule has 0 aliphatic heterocycles. The monoisotopic (exact) mass is 289 g/mol. The van der Waals surface area contributed by atoms with Gasteiger partial charge in [-0.15, -0.1) is 0 Å². The maximum Gasteiger partial charge on any atom is 0.316 e. The highest BCUT2D eigenvalue weighted by Crippen LogP contribution is 2.32. The third-order valence-electron chi connectivity index (χ3n) is 2.76. The first kappa shape index (κ1) is 14.6. The van der Waals surface area contributed by atoms with Gasteiger partial charge >= 0.3 is 5.69 Å². The molecule has 8 nitrogen and oxygen atoms in total. The Hall–Kier alpha value is -2.77. The third-order valence-corrected chi connectivity index (χ3v) is 2.76. The van der Waals surface area contributed by atoms with E-state index in [2.05, 4.69) is 20.3 Å². The molecule has 0 saturated heterocycles. The summed E-state index contributed by atoms with van der Waals surface area (Å²) in [5.74, 6) is 0.849. The summed E-state index contributed by atoms with van der Waals surface area (Å²) in [6.07, 6.45) is 3.06. The van der Waals surface area contributed by atoms with E-state index < -0.39 is 4.92 Å². The van der Waals surface area contributed by atoms with Crippen LogP contribution in [0, 0.1) is 17.0 Å². The second kappa shape index (κ2) is 6.12. The second-order valence-electron chi connectivity index (χ2n) is 4.18. The Morgan fingerprint density at radius 2 is 2.14 bits per heavy atom. The van der Waals surface area contributed by atoms with Crippen molar-refractivity contribution in [3.05, 3.63) is 34.3 Å². The average Bonchev–Trinajstić information content (AvgIpc) is 2.46. The molecule has 1 N–H and O–H groups in total. The molecule has 0 bridgehead atoms. The molecule has 0 aliphatic carbocycles. The quantitative estimate of drug-likeness (QED) is 0.664. The number of pyridine rings is 1. The topological polar surface area (TPSA) is 103 Å². The second-order valence-corrected chi connectivity index (χ2v) is 4.18. The summed E-state index contributed by atoms with van der Waals surface area (Å²) in [6.45, 7) is 3.91. The van der Waals surface area contributed by atoms with Gasteiger partial charge in [0.05, 0.1) is 17.7 Å². The number of nitrogens with one attached hydrogen (secondary N) is 1. The van der Waals surface area contributed by atoms with Gasteiger partial charge in [0, 0.05) is 18.8 Å². The molecule has 2 rings (SSSR count). The van der Waals surface area contributed by atoms with Crippen LogP contribution in [0.1, 0.15) is 12.6 Å². The molecule has 0 aromatic carbocycles. The number of anilines is 1. The highest BCUT2D eigenvalue weighted by molar-refractivity contribution is 5.72. The smallest absolute Gasteiger partial charge is 0.316 e. The summed E-state index contributed by atoms with van der Waals surface area (Å²) in [6, 6.07) is 1.67. The van der Waals surface area contributed by atoms with Gasteiger partial charge in [-0.25, -0.2) is 9.97 Å². The van der Waals surface area contributed by atoms with Crippen molar-refractivity contribution in [2.24, 2.45) is 0 Å². The largest absolute Gasteiger partial charge is 0.492 e. The van der Waals surface area contributed by atoms with Crippen molar-refractivity contribution in [1.82, 2.24) is 15.0 Å². The molecular formula is C13H15N5O3. The zero-order chi connectivity index (χ0) is 15.4. The Kier molecular flexibility index (Phi) is 4.27. The van der Waals surface area contributed by atoms with Gasteiger partial charge in [0.25, 0.3) is 0 Å². The Morgan fingerprint density at radius 3 is 2.76 bits per heavy atom. The van der Waals surface area contributed by atoms with Gasteiger partial charge in [0.2, 0.25) is 5.95 Å². The van der Waals surface area contributed by atoms with Gasteiger partial charge in [-0.3, -0.25) is 15.1 Å². The lowest BCUT2D eigenvalue weighted by molar-refractivity contribution is -0.385. The maximum absolute atomic E-state index is 11.3. The van der Waals surface area contributed by atoms with Crippen molar-refractivity contribution in [3.63, 3.8) is 0 Å². The minimum atomic E-state index is -0.489. The fraction of sp³-hybridized carbons (Fsp3) is 0.308. The minimum absolute atomic E-state index is 0.135. The lowest BCUT2D eigenvalue weighted by atomic mass is 10.1. The SMILES string of the molecule is CCOc1cncc(-c2nc(NC)nc(C)c2[N+](=O)[O-])c1. The van der Waals surface area contributed by atoms with E-state index in [1.165, 1.54) is 6.20 Å². The Labute approximate surface area is 121 Å². The minimum Gasteiger partial charge on any atom is -0.492 e. The Morgan fingerprint density at radius 1 is 1.38 bits per heavy atom. The van der Waals surface area contributed by atoms with Crippen LogP contribution in [0.4, 0.5) is 11.6 Å².